The molecule has 0 atom stereocenters. The second-order valence-corrected chi connectivity index (χ2v) is 9.72. The first-order valence-corrected chi connectivity index (χ1v) is 13.6. The summed E-state index contributed by atoms with van der Waals surface area (Å²) in [6.45, 7) is 5.06. The third-order valence-electron chi connectivity index (χ3n) is 6.24. The van der Waals surface area contributed by atoms with E-state index >= 15 is 0 Å². The lowest BCUT2D eigenvalue weighted by Crippen LogP contribution is -2.36. The molecule has 0 saturated heterocycles. The second-order valence-electron chi connectivity index (χ2n) is 8.62. The molecule has 1 heterocycles. The van der Waals surface area contributed by atoms with Crippen molar-refractivity contribution in [1.82, 2.24) is 15.1 Å². The largest absolute Gasteiger partial charge is 0.493 e. The lowest BCUT2D eigenvalue weighted by molar-refractivity contribution is 0.181. The van der Waals surface area contributed by atoms with Crippen molar-refractivity contribution < 1.29 is 9.15 Å². The Morgan fingerprint density at radius 1 is 1.03 bits per heavy atom. The van der Waals surface area contributed by atoms with Crippen molar-refractivity contribution in [3.63, 3.8) is 0 Å². The molecule has 6 heteroatoms. The molecule has 0 amide bonds. The van der Waals surface area contributed by atoms with Crippen LogP contribution in [0.1, 0.15) is 50.5 Å². The Labute approximate surface area is 207 Å². The van der Waals surface area contributed by atoms with Gasteiger partial charge in [-0.15, -0.1) is 22.0 Å². The molecule has 1 fully saturated rings. The molecule has 0 unspecified atom stereocenters. The van der Waals surface area contributed by atoms with Gasteiger partial charge in [-0.05, 0) is 49.2 Å². The molecule has 0 spiro atoms. The molecule has 0 aliphatic heterocycles. The van der Waals surface area contributed by atoms with Gasteiger partial charge >= 0.3 is 0 Å². The number of rotatable bonds is 12. The second kappa shape index (κ2) is 13.4. The number of aromatic nitrogens is 2. The fourth-order valence-electron chi connectivity index (χ4n) is 4.37. The number of nitrogens with zero attached hydrogens (tertiary/aromatic N) is 3. The fraction of sp³-hybridized carbons (Fsp3) is 0.429. The summed E-state index contributed by atoms with van der Waals surface area (Å²) >= 11 is 1.73. The van der Waals surface area contributed by atoms with Gasteiger partial charge in [-0.25, -0.2) is 0 Å². The van der Waals surface area contributed by atoms with Crippen LogP contribution in [0, 0.1) is 0 Å². The molecular formula is C28H35N3O2S. The van der Waals surface area contributed by atoms with Crippen molar-refractivity contribution in [2.24, 2.45) is 0 Å². The maximum atomic E-state index is 5.86. The van der Waals surface area contributed by atoms with Gasteiger partial charge in [0.25, 0.3) is 0 Å². The van der Waals surface area contributed by atoms with Crippen LogP contribution in [0.3, 0.4) is 0 Å². The molecule has 1 aromatic heterocycles. The Bertz CT molecular complexity index is 998. The first kappa shape index (κ1) is 24.6. The van der Waals surface area contributed by atoms with Gasteiger partial charge in [0.05, 0.1) is 12.4 Å². The van der Waals surface area contributed by atoms with Gasteiger partial charge in [-0.2, -0.15) is 0 Å². The minimum absolute atomic E-state index is 0.570. The monoisotopic (exact) mass is 477 g/mol. The van der Waals surface area contributed by atoms with Crippen LogP contribution in [0.4, 0.5) is 0 Å². The van der Waals surface area contributed by atoms with Crippen molar-refractivity contribution in [2.75, 3.05) is 25.4 Å². The maximum absolute atomic E-state index is 5.86. The van der Waals surface area contributed by atoms with E-state index in [9.17, 15) is 0 Å². The van der Waals surface area contributed by atoms with Gasteiger partial charge in [-0.1, -0.05) is 68.7 Å². The van der Waals surface area contributed by atoms with E-state index in [2.05, 4.69) is 58.4 Å². The third-order valence-corrected chi connectivity index (χ3v) is 7.14. The highest BCUT2D eigenvalue weighted by Gasteiger charge is 2.18. The number of hydrogen-bond donors (Lipinski definition) is 0. The minimum Gasteiger partial charge on any atom is -0.493 e. The van der Waals surface area contributed by atoms with Crippen molar-refractivity contribution in [1.29, 1.82) is 0 Å². The lowest BCUT2D eigenvalue weighted by Gasteiger charge is -2.32. The standard InChI is InChI=1S/C28H35N3O2S/c1-2-31(25-11-5-3-6-12-25)19-9-10-23-15-17-24(18-16-23)28-30-29-27(33-28)22-34-21-20-32-26-13-7-4-8-14-26/h4,7-10,13-18,25H,2-3,5-6,11-12,19-22H2,1H3. The molecule has 1 aliphatic carbocycles. The van der Waals surface area contributed by atoms with E-state index in [1.54, 1.807) is 11.8 Å². The molecule has 0 bridgehead atoms. The highest BCUT2D eigenvalue weighted by molar-refractivity contribution is 7.98. The number of likely N-dealkylation sites (N-methyl/N-ethyl adjacent to an activating group) is 1. The van der Waals surface area contributed by atoms with Crippen molar-refractivity contribution in [3.8, 4) is 17.2 Å². The Balaban J connectivity index is 1.21. The topological polar surface area (TPSA) is 51.4 Å². The molecule has 0 radical (unpaired) electrons. The van der Waals surface area contributed by atoms with Gasteiger partial charge in [0.2, 0.25) is 11.8 Å². The van der Waals surface area contributed by atoms with Crippen LogP contribution in [0.2, 0.25) is 0 Å². The van der Waals surface area contributed by atoms with Crippen molar-refractivity contribution in [2.45, 2.75) is 50.8 Å². The van der Waals surface area contributed by atoms with Crippen LogP contribution in [-0.4, -0.2) is 46.6 Å². The SMILES string of the molecule is CCN(CC=Cc1ccc(-c2nnc(CSCCOc3ccccc3)o2)cc1)C1CCCCC1. The highest BCUT2D eigenvalue weighted by Crippen LogP contribution is 2.23. The van der Waals surface area contributed by atoms with E-state index in [1.165, 1.54) is 37.7 Å². The normalized spacial score (nSPS) is 14.8. The first-order chi connectivity index (χ1) is 16.8. The van der Waals surface area contributed by atoms with E-state index in [0.29, 0.717) is 24.1 Å². The summed E-state index contributed by atoms with van der Waals surface area (Å²) in [6, 6.07) is 19.0. The van der Waals surface area contributed by atoms with Gasteiger partial charge in [-0.3, -0.25) is 4.90 Å². The van der Waals surface area contributed by atoms with E-state index < -0.39 is 0 Å². The smallest absolute Gasteiger partial charge is 0.247 e. The molecular weight excluding hydrogens is 442 g/mol. The van der Waals surface area contributed by atoms with Crippen LogP contribution in [0.15, 0.2) is 65.1 Å². The van der Waals surface area contributed by atoms with Crippen LogP contribution in [0.25, 0.3) is 17.5 Å². The van der Waals surface area contributed by atoms with Gasteiger partial charge < -0.3 is 9.15 Å². The Morgan fingerprint density at radius 2 is 1.82 bits per heavy atom. The zero-order valence-corrected chi connectivity index (χ0v) is 20.9. The molecule has 3 aromatic rings. The molecule has 0 N–H and O–H groups in total. The van der Waals surface area contributed by atoms with Gasteiger partial charge in [0.15, 0.2) is 0 Å². The fourth-order valence-corrected chi connectivity index (χ4v) is 5.00. The number of ether oxygens (including phenoxy) is 1. The average molecular weight is 478 g/mol. The number of para-hydroxylation sites is 1. The van der Waals surface area contributed by atoms with E-state index in [-0.39, 0.29) is 0 Å². The minimum atomic E-state index is 0.570. The summed E-state index contributed by atoms with van der Waals surface area (Å²) < 4.78 is 11.6. The van der Waals surface area contributed by atoms with Crippen LogP contribution >= 0.6 is 11.8 Å². The molecule has 1 saturated carbocycles. The predicted molar refractivity (Wildman–Crippen MR) is 141 cm³/mol. The maximum Gasteiger partial charge on any atom is 0.247 e. The van der Waals surface area contributed by atoms with Crippen LogP contribution in [0.5, 0.6) is 5.75 Å². The number of thioether (sulfide) groups is 1. The molecule has 180 valence electrons. The first-order valence-electron chi connectivity index (χ1n) is 12.4. The molecule has 34 heavy (non-hydrogen) atoms. The summed E-state index contributed by atoms with van der Waals surface area (Å²) in [4.78, 5) is 2.61. The summed E-state index contributed by atoms with van der Waals surface area (Å²) in [5.74, 6) is 3.66. The number of benzene rings is 2. The molecule has 4 rings (SSSR count). The molecule has 2 aromatic carbocycles. The molecule has 1 aliphatic rings. The van der Waals surface area contributed by atoms with Crippen molar-refractivity contribution >= 4 is 17.8 Å². The van der Waals surface area contributed by atoms with E-state index in [1.807, 2.05) is 30.3 Å². The van der Waals surface area contributed by atoms with Crippen LogP contribution in [-0.2, 0) is 5.75 Å². The van der Waals surface area contributed by atoms with E-state index in [4.69, 9.17) is 9.15 Å². The Hall–Kier alpha value is -2.57. The zero-order chi connectivity index (χ0) is 23.4. The van der Waals surface area contributed by atoms with Gasteiger partial charge in [0.1, 0.15) is 5.75 Å². The third kappa shape index (κ3) is 7.47. The average Bonchev–Trinajstić information content (AvgIpc) is 3.37. The van der Waals surface area contributed by atoms with E-state index in [0.717, 1.165) is 36.2 Å². The number of hydrogen-bond acceptors (Lipinski definition) is 6. The summed E-state index contributed by atoms with van der Waals surface area (Å²) in [6.07, 6.45) is 11.4. The highest BCUT2D eigenvalue weighted by atomic mass is 32.2. The van der Waals surface area contributed by atoms with Crippen LogP contribution < -0.4 is 4.74 Å². The van der Waals surface area contributed by atoms with Gasteiger partial charge in [0, 0.05) is 23.9 Å². The lowest BCUT2D eigenvalue weighted by atomic mass is 9.94. The molecule has 5 nitrogen and oxygen atoms in total. The quantitative estimate of drug-likeness (QED) is 0.270. The summed E-state index contributed by atoms with van der Waals surface area (Å²) in [5.41, 5.74) is 2.14. The Morgan fingerprint density at radius 3 is 2.59 bits per heavy atom. The predicted octanol–water partition coefficient (Wildman–Crippen LogP) is 6.72. The summed E-state index contributed by atoms with van der Waals surface area (Å²) in [7, 11) is 0. The van der Waals surface area contributed by atoms with Crippen molar-refractivity contribution in [3.05, 3.63) is 72.1 Å². The zero-order valence-electron chi connectivity index (χ0n) is 20.1. The summed E-state index contributed by atoms with van der Waals surface area (Å²) in [5, 5.41) is 8.42. The Kier molecular flexibility index (Phi) is 9.64.